The molecule has 0 aliphatic rings. The van der Waals surface area contributed by atoms with Gasteiger partial charge in [-0.05, 0) is 31.6 Å². The van der Waals surface area contributed by atoms with E-state index in [2.05, 4.69) is 13.8 Å². The van der Waals surface area contributed by atoms with Crippen LogP contribution in [0.25, 0.3) is 0 Å². The summed E-state index contributed by atoms with van der Waals surface area (Å²) < 4.78 is 10.3. The van der Waals surface area contributed by atoms with Crippen LogP contribution in [0.15, 0.2) is 0 Å². The van der Waals surface area contributed by atoms with Gasteiger partial charge in [-0.3, -0.25) is 9.59 Å². The second-order valence-corrected chi connectivity index (χ2v) is 9.85. The first-order valence-corrected chi connectivity index (χ1v) is 14.4. The van der Waals surface area contributed by atoms with Gasteiger partial charge in [0, 0.05) is 6.42 Å². The Morgan fingerprint density at radius 1 is 0.606 bits per heavy atom. The molecule has 0 radical (unpaired) electrons. The highest BCUT2D eigenvalue weighted by molar-refractivity contribution is 5.69. The van der Waals surface area contributed by atoms with Crippen LogP contribution < -0.4 is 0 Å². The van der Waals surface area contributed by atoms with Gasteiger partial charge in [0.1, 0.15) is 0 Å². The lowest BCUT2D eigenvalue weighted by molar-refractivity contribution is -0.145. The molecule has 196 valence electrons. The van der Waals surface area contributed by atoms with E-state index in [1.165, 1.54) is 116 Å². The van der Waals surface area contributed by atoms with E-state index in [0.717, 1.165) is 19.3 Å². The lowest BCUT2D eigenvalue weighted by Crippen LogP contribution is -2.13. The molecule has 0 N–H and O–H groups in total. The first-order chi connectivity index (χ1) is 16.2. The summed E-state index contributed by atoms with van der Waals surface area (Å²) in [5.41, 5.74) is 0. The molecular formula is C29H56O4. The number of hydrogen-bond donors (Lipinski definition) is 0. The third-order valence-electron chi connectivity index (χ3n) is 6.62. The van der Waals surface area contributed by atoms with Crippen molar-refractivity contribution < 1.29 is 19.1 Å². The van der Waals surface area contributed by atoms with Gasteiger partial charge in [-0.1, -0.05) is 123 Å². The molecular weight excluding hydrogens is 412 g/mol. The van der Waals surface area contributed by atoms with Gasteiger partial charge in [-0.15, -0.1) is 0 Å². The Kier molecular flexibility index (Phi) is 26.3. The number of ether oxygens (including phenoxy) is 2. The molecule has 0 aromatic heterocycles. The molecule has 0 saturated heterocycles. The highest BCUT2D eigenvalue weighted by Gasteiger charge is 2.14. The fraction of sp³-hybridized carbons (Fsp3) is 0.931. The normalized spacial score (nSPS) is 11.1. The molecule has 0 fully saturated rings. The maximum atomic E-state index is 12.3. The van der Waals surface area contributed by atoms with E-state index in [-0.39, 0.29) is 5.97 Å². The van der Waals surface area contributed by atoms with Crippen LogP contribution in [0.5, 0.6) is 0 Å². The maximum Gasteiger partial charge on any atom is 0.306 e. The summed E-state index contributed by atoms with van der Waals surface area (Å²) >= 11 is 0. The van der Waals surface area contributed by atoms with Crippen LogP contribution in [0.3, 0.4) is 0 Å². The smallest absolute Gasteiger partial charge is 0.306 e. The minimum atomic E-state index is 0.0312. The second kappa shape index (κ2) is 27.2. The molecule has 0 spiro atoms. The van der Waals surface area contributed by atoms with Crippen molar-refractivity contribution in [2.24, 2.45) is 5.92 Å². The average Bonchev–Trinajstić information content (AvgIpc) is 2.81. The van der Waals surface area contributed by atoms with Gasteiger partial charge in [0.25, 0.3) is 6.47 Å². The zero-order chi connectivity index (χ0) is 24.2. The Morgan fingerprint density at radius 3 is 1.48 bits per heavy atom. The SMILES string of the molecule is CCCCCCC(CCCCCC)CC(=O)OCCCCCCCCCCCCCOC=O. The molecule has 0 aromatic carbocycles. The van der Waals surface area contributed by atoms with Gasteiger partial charge >= 0.3 is 5.97 Å². The number of rotatable bonds is 27. The minimum Gasteiger partial charge on any atom is -0.468 e. The third-order valence-corrected chi connectivity index (χ3v) is 6.62. The Labute approximate surface area is 206 Å². The number of carbonyl (C=O) groups excluding carboxylic acids is 2. The number of carbonyl (C=O) groups is 2. The van der Waals surface area contributed by atoms with Crippen LogP contribution in [0.2, 0.25) is 0 Å². The van der Waals surface area contributed by atoms with Gasteiger partial charge in [-0.2, -0.15) is 0 Å². The molecule has 0 bridgehead atoms. The van der Waals surface area contributed by atoms with E-state index in [1.807, 2.05) is 0 Å². The second-order valence-electron chi connectivity index (χ2n) is 9.85. The Morgan fingerprint density at radius 2 is 1.03 bits per heavy atom. The van der Waals surface area contributed by atoms with Gasteiger partial charge in [-0.25, -0.2) is 0 Å². The van der Waals surface area contributed by atoms with E-state index in [9.17, 15) is 9.59 Å². The van der Waals surface area contributed by atoms with E-state index in [1.54, 1.807) is 0 Å². The molecule has 0 heterocycles. The van der Waals surface area contributed by atoms with Crippen LogP contribution in [-0.4, -0.2) is 25.7 Å². The summed E-state index contributed by atoms with van der Waals surface area (Å²) in [6.45, 7) is 6.20. The highest BCUT2D eigenvalue weighted by atomic mass is 16.5. The lowest BCUT2D eigenvalue weighted by atomic mass is 9.92. The summed E-state index contributed by atoms with van der Waals surface area (Å²) in [6.07, 6.45) is 26.6. The van der Waals surface area contributed by atoms with Gasteiger partial charge < -0.3 is 9.47 Å². The number of esters is 1. The quantitative estimate of drug-likeness (QED) is 0.0685. The predicted molar refractivity (Wildman–Crippen MR) is 139 cm³/mol. The van der Waals surface area contributed by atoms with Gasteiger partial charge in [0.05, 0.1) is 13.2 Å². The number of hydrogen-bond acceptors (Lipinski definition) is 4. The molecule has 4 nitrogen and oxygen atoms in total. The topological polar surface area (TPSA) is 52.6 Å². The largest absolute Gasteiger partial charge is 0.468 e. The predicted octanol–water partition coefficient (Wildman–Crippen LogP) is 8.94. The Hall–Kier alpha value is -1.06. The summed E-state index contributed by atoms with van der Waals surface area (Å²) in [5.74, 6) is 0.555. The summed E-state index contributed by atoms with van der Waals surface area (Å²) in [6, 6.07) is 0. The van der Waals surface area contributed by atoms with Crippen molar-refractivity contribution in [2.75, 3.05) is 13.2 Å². The molecule has 0 atom stereocenters. The molecule has 0 rings (SSSR count). The molecule has 0 aliphatic carbocycles. The monoisotopic (exact) mass is 468 g/mol. The van der Waals surface area contributed by atoms with Crippen LogP contribution in [-0.2, 0) is 19.1 Å². The van der Waals surface area contributed by atoms with Crippen molar-refractivity contribution in [1.29, 1.82) is 0 Å². The molecule has 0 saturated carbocycles. The van der Waals surface area contributed by atoms with Crippen LogP contribution in [0, 0.1) is 5.92 Å². The summed E-state index contributed by atoms with van der Waals surface area (Å²) in [5, 5.41) is 0. The van der Waals surface area contributed by atoms with Gasteiger partial charge in [0.2, 0.25) is 0 Å². The Balaban J connectivity index is 3.62. The number of unbranched alkanes of at least 4 members (excludes halogenated alkanes) is 16. The van der Waals surface area contributed by atoms with Crippen molar-refractivity contribution in [2.45, 2.75) is 155 Å². The highest BCUT2D eigenvalue weighted by Crippen LogP contribution is 2.22. The zero-order valence-corrected chi connectivity index (χ0v) is 22.3. The zero-order valence-electron chi connectivity index (χ0n) is 22.3. The maximum absolute atomic E-state index is 12.3. The first-order valence-electron chi connectivity index (χ1n) is 14.4. The van der Waals surface area contributed by atoms with Crippen molar-refractivity contribution in [1.82, 2.24) is 0 Å². The molecule has 33 heavy (non-hydrogen) atoms. The van der Waals surface area contributed by atoms with E-state index in [4.69, 9.17) is 9.47 Å². The summed E-state index contributed by atoms with van der Waals surface area (Å²) in [4.78, 5) is 22.4. The molecule has 0 amide bonds. The minimum absolute atomic E-state index is 0.0312. The standard InChI is InChI=1S/C29H56O4/c1-3-5-7-18-22-28(23-19-8-6-4-2)26-29(31)33-25-21-17-15-13-11-9-10-12-14-16-20-24-32-27-30/h27-28H,3-26H2,1-2H3. The van der Waals surface area contributed by atoms with Crippen LogP contribution >= 0.6 is 0 Å². The van der Waals surface area contributed by atoms with Crippen molar-refractivity contribution in [3.05, 3.63) is 0 Å². The molecule has 4 heteroatoms. The first kappa shape index (κ1) is 31.9. The molecule has 0 aromatic rings. The van der Waals surface area contributed by atoms with Crippen molar-refractivity contribution in [3.63, 3.8) is 0 Å². The van der Waals surface area contributed by atoms with Gasteiger partial charge in [0.15, 0.2) is 0 Å². The van der Waals surface area contributed by atoms with E-state index in [0.29, 0.717) is 32.0 Å². The third kappa shape index (κ3) is 25.4. The van der Waals surface area contributed by atoms with Crippen molar-refractivity contribution in [3.8, 4) is 0 Å². The lowest BCUT2D eigenvalue weighted by Gasteiger charge is -2.16. The van der Waals surface area contributed by atoms with E-state index >= 15 is 0 Å². The van der Waals surface area contributed by atoms with Crippen LogP contribution in [0.4, 0.5) is 0 Å². The van der Waals surface area contributed by atoms with E-state index < -0.39 is 0 Å². The fourth-order valence-corrected chi connectivity index (χ4v) is 4.48. The van der Waals surface area contributed by atoms with Crippen LogP contribution in [0.1, 0.15) is 155 Å². The average molecular weight is 469 g/mol. The Bertz CT molecular complexity index is 398. The molecule has 0 aliphatic heterocycles. The van der Waals surface area contributed by atoms with Crippen molar-refractivity contribution >= 4 is 12.4 Å². The summed E-state index contributed by atoms with van der Waals surface area (Å²) in [7, 11) is 0. The fourth-order valence-electron chi connectivity index (χ4n) is 4.48. The molecule has 0 unspecified atom stereocenters.